The van der Waals surface area contributed by atoms with Gasteiger partial charge in [-0.1, -0.05) is 52.8 Å². The number of anilines is 1. The smallest absolute Gasteiger partial charge is 0.464 e. The van der Waals surface area contributed by atoms with Crippen LogP contribution in [0.2, 0.25) is 5.28 Å². The zero-order chi connectivity index (χ0) is 37.7. The summed E-state index contributed by atoms with van der Waals surface area (Å²) in [6, 6.07) is 5.25. The molecule has 21 heteroatoms. The molecule has 0 aliphatic carbocycles. The molecule has 0 spiro atoms. The first-order valence-electron chi connectivity index (χ1n) is 16.2. The number of nitrogen functional groups attached to an aromatic ring is 1. The van der Waals surface area contributed by atoms with Crippen LogP contribution in [0.5, 0.6) is 5.75 Å². The number of aromatic nitrogens is 4. The first kappa shape index (κ1) is 41.0. The van der Waals surface area contributed by atoms with Gasteiger partial charge in [-0.3, -0.25) is 13.9 Å². The maximum atomic E-state index is 15.3. The molecule has 3 heterocycles. The number of carbonyl (C=O) groups is 1. The number of phosphoric acid groups is 1. The minimum absolute atomic E-state index is 0.0155. The van der Waals surface area contributed by atoms with Gasteiger partial charge in [-0.25, -0.2) is 18.5 Å². The molecule has 0 saturated carbocycles. The van der Waals surface area contributed by atoms with E-state index in [1.54, 1.807) is 18.2 Å². The van der Waals surface area contributed by atoms with Gasteiger partial charge in [0, 0.05) is 6.54 Å². The standard InChI is InChI=1S/C30H45ClFN7O10P2/c1-7-38(8-2)14-13-19-11-9-10-12-20(19)48-50(42,37-18(3)28(41)45-16-30(4,5)6)49-51(43,44)46-15-21-24(40)22(32)27(47-21)39-17-34-23-25(33)35-29(31)36-26(23)39/h9-12,17-18,21-22,24,27,40H,7-8,13-16H2,1-6H3,(H,37,42)(H,43,44)(H2,33,35,36)/t18-,21-,22?,24?,27-,50?/m1/s1. The summed E-state index contributed by atoms with van der Waals surface area (Å²) in [6.07, 6.45) is -5.37. The van der Waals surface area contributed by atoms with Crippen molar-refractivity contribution < 1.29 is 51.1 Å². The van der Waals surface area contributed by atoms with Crippen molar-refractivity contribution in [2.45, 2.75) is 78.6 Å². The number of esters is 1. The number of carbonyl (C=O) groups excluding carboxylic acids is 1. The Bertz CT molecular complexity index is 1760. The zero-order valence-electron chi connectivity index (χ0n) is 29.1. The number of likely N-dealkylation sites (N-methyl/N-ethyl adjacent to an activating group) is 1. The van der Waals surface area contributed by atoms with Crippen molar-refractivity contribution in [3.05, 3.63) is 41.4 Å². The van der Waals surface area contributed by atoms with Crippen molar-refractivity contribution in [2.24, 2.45) is 5.41 Å². The van der Waals surface area contributed by atoms with Crippen LogP contribution in [-0.2, 0) is 38.7 Å². The minimum atomic E-state index is -5.36. The van der Waals surface area contributed by atoms with Gasteiger partial charge in [0.25, 0.3) is 0 Å². The third-order valence-corrected chi connectivity index (χ3v) is 11.2. The molecular weight excluding hydrogens is 735 g/mol. The monoisotopic (exact) mass is 779 g/mol. The van der Waals surface area contributed by atoms with Gasteiger partial charge in [0.15, 0.2) is 23.9 Å². The van der Waals surface area contributed by atoms with Gasteiger partial charge in [-0.15, -0.1) is 0 Å². The van der Waals surface area contributed by atoms with Crippen molar-refractivity contribution in [1.82, 2.24) is 29.5 Å². The van der Waals surface area contributed by atoms with Crippen LogP contribution in [0.25, 0.3) is 11.2 Å². The number of alkyl halides is 1. The average molecular weight is 780 g/mol. The number of nitrogens with two attached hydrogens (primary N) is 1. The topological polar surface area (TPSA) is 223 Å². The molecule has 4 unspecified atom stereocenters. The highest BCUT2D eigenvalue weighted by atomic mass is 35.5. The molecule has 7 atom stereocenters. The van der Waals surface area contributed by atoms with Crippen LogP contribution in [0.4, 0.5) is 10.2 Å². The number of benzene rings is 1. The fourth-order valence-corrected chi connectivity index (χ4v) is 8.18. The summed E-state index contributed by atoms with van der Waals surface area (Å²) >= 11 is 5.90. The van der Waals surface area contributed by atoms with E-state index in [9.17, 15) is 23.9 Å². The van der Waals surface area contributed by atoms with Gasteiger partial charge >= 0.3 is 21.5 Å². The van der Waals surface area contributed by atoms with Crippen LogP contribution >= 0.6 is 27.2 Å². The Hall–Kier alpha value is -2.76. The molecule has 1 aliphatic rings. The van der Waals surface area contributed by atoms with E-state index < -0.39 is 58.8 Å². The van der Waals surface area contributed by atoms with E-state index >= 15 is 4.39 Å². The van der Waals surface area contributed by atoms with Gasteiger partial charge in [-0.2, -0.15) is 19.4 Å². The Morgan fingerprint density at radius 2 is 1.92 bits per heavy atom. The number of aliphatic hydroxyl groups excluding tert-OH is 1. The SMILES string of the molecule is CCN(CC)CCc1ccccc1OP(=O)(N[C@H](C)C(=O)OCC(C)(C)C)OP(=O)(O)OC[C@H]1O[C@@H](n2cnc3c(N)nc(Cl)nc32)C(F)C1O. The number of para-hydroxylation sites is 1. The second-order valence-corrected chi connectivity index (χ2v) is 16.7. The van der Waals surface area contributed by atoms with Crippen molar-refractivity contribution >= 4 is 50.1 Å². The summed E-state index contributed by atoms with van der Waals surface area (Å²) in [5, 5.41) is 12.8. The third-order valence-electron chi connectivity index (χ3n) is 7.74. The number of aliphatic hydroxyl groups is 1. The van der Waals surface area contributed by atoms with E-state index in [1.165, 1.54) is 13.0 Å². The van der Waals surface area contributed by atoms with E-state index in [1.807, 2.05) is 34.6 Å². The Morgan fingerprint density at radius 1 is 1.24 bits per heavy atom. The second-order valence-electron chi connectivity index (χ2n) is 13.0. The van der Waals surface area contributed by atoms with Gasteiger partial charge in [0.2, 0.25) is 5.28 Å². The van der Waals surface area contributed by atoms with Crippen LogP contribution in [0.1, 0.15) is 53.3 Å². The number of hydrogen-bond donors (Lipinski definition) is 4. The third kappa shape index (κ3) is 10.9. The largest absolute Gasteiger partial charge is 0.481 e. The van der Waals surface area contributed by atoms with E-state index in [4.69, 9.17) is 40.2 Å². The van der Waals surface area contributed by atoms with Crippen LogP contribution < -0.4 is 15.3 Å². The van der Waals surface area contributed by atoms with E-state index in [0.29, 0.717) is 18.5 Å². The Kier molecular flexibility index (Phi) is 13.6. The number of hydrogen-bond acceptors (Lipinski definition) is 14. The molecule has 0 bridgehead atoms. The molecule has 2 aromatic heterocycles. The lowest BCUT2D eigenvalue weighted by molar-refractivity contribution is -0.148. The molecule has 17 nitrogen and oxygen atoms in total. The first-order chi connectivity index (χ1) is 23.8. The molecule has 0 radical (unpaired) electrons. The maximum absolute atomic E-state index is 15.3. The van der Waals surface area contributed by atoms with Gasteiger partial charge in [0.1, 0.15) is 29.5 Å². The lowest BCUT2D eigenvalue weighted by Gasteiger charge is -2.26. The van der Waals surface area contributed by atoms with Crippen LogP contribution in [-0.4, -0.2) is 97.7 Å². The van der Waals surface area contributed by atoms with Crippen LogP contribution in [0.3, 0.4) is 0 Å². The molecule has 5 N–H and O–H groups in total. The molecule has 51 heavy (non-hydrogen) atoms. The molecule has 4 rings (SSSR count). The van der Waals surface area contributed by atoms with Crippen LogP contribution in [0.15, 0.2) is 30.6 Å². The van der Waals surface area contributed by atoms with E-state index in [2.05, 4.69) is 24.9 Å². The highest BCUT2D eigenvalue weighted by Crippen LogP contribution is 2.61. The number of nitrogens with zero attached hydrogens (tertiary/aromatic N) is 5. The number of halogens is 2. The number of ether oxygens (including phenoxy) is 2. The zero-order valence-corrected chi connectivity index (χ0v) is 31.7. The summed E-state index contributed by atoms with van der Waals surface area (Å²) in [4.78, 5) is 37.6. The van der Waals surface area contributed by atoms with Crippen LogP contribution in [0, 0.1) is 5.41 Å². The summed E-state index contributed by atoms with van der Waals surface area (Å²) in [5.41, 5.74) is 6.17. The fourth-order valence-electron chi connectivity index (χ4n) is 5.01. The predicted molar refractivity (Wildman–Crippen MR) is 186 cm³/mol. The van der Waals surface area contributed by atoms with E-state index in [0.717, 1.165) is 24.0 Å². The Balaban J connectivity index is 1.52. The van der Waals surface area contributed by atoms with Gasteiger partial charge in [0.05, 0.1) is 19.5 Å². The molecule has 1 aliphatic heterocycles. The molecule has 3 aromatic rings. The van der Waals surface area contributed by atoms with Crippen molar-refractivity contribution in [2.75, 3.05) is 38.6 Å². The number of imidazole rings is 1. The predicted octanol–water partition coefficient (Wildman–Crippen LogP) is 4.43. The van der Waals surface area contributed by atoms with E-state index in [-0.39, 0.29) is 40.0 Å². The summed E-state index contributed by atoms with van der Waals surface area (Å²) in [7, 11) is -10.3. The molecule has 1 saturated heterocycles. The normalized spacial score (nSPS) is 22.5. The highest BCUT2D eigenvalue weighted by Gasteiger charge is 2.48. The lowest BCUT2D eigenvalue weighted by Crippen LogP contribution is -2.36. The molecule has 1 fully saturated rings. The summed E-state index contributed by atoms with van der Waals surface area (Å²) in [6.45, 7) is 12.2. The molecule has 284 valence electrons. The molecule has 1 aromatic carbocycles. The molecule has 0 amide bonds. The average Bonchev–Trinajstić information content (AvgIpc) is 3.59. The second kappa shape index (κ2) is 16.9. The fraction of sp³-hybridized carbons (Fsp3) is 0.600. The van der Waals surface area contributed by atoms with Crippen molar-refractivity contribution in [3.63, 3.8) is 0 Å². The first-order valence-corrected chi connectivity index (χ1v) is 19.6. The number of rotatable bonds is 17. The summed E-state index contributed by atoms with van der Waals surface area (Å²) < 4.78 is 70.9. The lowest BCUT2D eigenvalue weighted by atomic mass is 9.99. The highest BCUT2D eigenvalue weighted by molar-refractivity contribution is 7.63. The Labute approximate surface area is 300 Å². The van der Waals surface area contributed by atoms with Crippen molar-refractivity contribution in [3.8, 4) is 5.75 Å². The molecular formula is C30H45ClFN7O10P2. The maximum Gasteiger partial charge on any atom is 0.481 e. The summed E-state index contributed by atoms with van der Waals surface area (Å²) in [5.74, 6) is -0.839. The number of nitrogens with one attached hydrogen (secondary N) is 1. The van der Waals surface area contributed by atoms with Crippen molar-refractivity contribution in [1.29, 1.82) is 0 Å². The minimum Gasteiger partial charge on any atom is -0.464 e. The number of fused-ring (bicyclic) bond motifs is 1. The Morgan fingerprint density at radius 3 is 2.59 bits per heavy atom. The number of phosphoric ester groups is 1. The van der Waals surface area contributed by atoms with Gasteiger partial charge < -0.3 is 34.6 Å². The van der Waals surface area contributed by atoms with Gasteiger partial charge in [-0.05, 0) is 55.1 Å². The quantitative estimate of drug-likeness (QED) is 0.0845.